The van der Waals surface area contributed by atoms with Gasteiger partial charge in [0, 0.05) is 30.4 Å². The minimum atomic E-state index is -0.253. The summed E-state index contributed by atoms with van der Waals surface area (Å²) < 4.78 is 10.8. The number of aliphatic hydroxyl groups excluding tert-OH is 1. The minimum absolute atomic E-state index is 0.247. The average molecular weight is 403 g/mol. The third kappa shape index (κ3) is 3.44. The fraction of sp³-hybridized carbons (Fsp3) is 0.318. The molecule has 1 fully saturated rings. The molecular formula is C22H21N5O3. The van der Waals surface area contributed by atoms with Gasteiger partial charge in [-0.05, 0) is 36.6 Å². The van der Waals surface area contributed by atoms with Crippen molar-refractivity contribution in [2.75, 3.05) is 30.1 Å². The van der Waals surface area contributed by atoms with Crippen LogP contribution in [-0.2, 0) is 6.54 Å². The molecule has 0 radical (unpaired) electrons. The molecule has 0 amide bonds. The van der Waals surface area contributed by atoms with Crippen molar-refractivity contribution in [3.8, 4) is 11.5 Å². The molecule has 0 bridgehead atoms. The molecule has 2 aromatic carbocycles. The van der Waals surface area contributed by atoms with Gasteiger partial charge in [-0.2, -0.15) is 0 Å². The van der Waals surface area contributed by atoms with Gasteiger partial charge in [0.2, 0.25) is 6.79 Å². The van der Waals surface area contributed by atoms with Crippen molar-refractivity contribution in [1.82, 2.24) is 10.2 Å². The fourth-order valence-electron chi connectivity index (χ4n) is 3.88. The van der Waals surface area contributed by atoms with Crippen LogP contribution in [0.3, 0.4) is 0 Å². The Labute approximate surface area is 173 Å². The Morgan fingerprint density at radius 2 is 1.90 bits per heavy atom. The summed E-state index contributed by atoms with van der Waals surface area (Å²) in [5.74, 6) is 2.92. The van der Waals surface area contributed by atoms with Crippen molar-refractivity contribution in [3.63, 3.8) is 0 Å². The standard InChI is InChI=1S/C22H21N5O3/c1-23-15-3-4-17-18(11-15)21(25-26-22(17)27-8-6-16(28)7-9-27)24-12-14-2-5-19-20(10-14)30-13-29-19/h2-5,10-11,16,28H,6-9,12-13H2,(H,24,25). The van der Waals surface area contributed by atoms with Crippen LogP contribution >= 0.6 is 0 Å². The van der Waals surface area contributed by atoms with Crippen LogP contribution in [0.4, 0.5) is 17.3 Å². The van der Waals surface area contributed by atoms with Crippen LogP contribution in [0, 0.1) is 6.57 Å². The maximum Gasteiger partial charge on any atom is 0.231 e. The lowest BCUT2D eigenvalue weighted by Gasteiger charge is -2.31. The second-order valence-corrected chi connectivity index (χ2v) is 7.47. The van der Waals surface area contributed by atoms with Crippen LogP contribution in [0.15, 0.2) is 36.4 Å². The van der Waals surface area contributed by atoms with E-state index in [2.05, 4.69) is 25.3 Å². The maximum absolute atomic E-state index is 9.81. The number of piperidine rings is 1. The van der Waals surface area contributed by atoms with E-state index in [9.17, 15) is 5.11 Å². The molecule has 2 aliphatic heterocycles. The van der Waals surface area contributed by atoms with E-state index in [-0.39, 0.29) is 12.9 Å². The number of aliphatic hydroxyl groups is 1. The highest BCUT2D eigenvalue weighted by atomic mass is 16.7. The van der Waals surface area contributed by atoms with Gasteiger partial charge in [-0.15, -0.1) is 10.2 Å². The van der Waals surface area contributed by atoms with Gasteiger partial charge in [0.15, 0.2) is 28.8 Å². The molecule has 0 saturated carbocycles. The summed E-state index contributed by atoms with van der Waals surface area (Å²) in [6, 6.07) is 11.4. The number of rotatable bonds is 4. The van der Waals surface area contributed by atoms with E-state index in [0.717, 1.165) is 46.7 Å². The van der Waals surface area contributed by atoms with E-state index in [1.165, 1.54) is 0 Å². The van der Waals surface area contributed by atoms with E-state index in [0.29, 0.717) is 30.9 Å². The summed E-state index contributed by atoms with van der Waals surface area (Å²) in [6.07, 6.45) is 1.18. The number of hydrogen-bond acceptors (Lipinski definition) is 7. The smallest absolute Gasteiger partial charge is 0.231 e. The highest BCUT2D eigenvalue weighted by Crippen LogP contribution is 2.35. The fourth-order valence-corrected chi connectivity index (χ4v) is 3.88. The summed E-state index contributed by atoms with van der Waals surface area (Å²) >= 11 is 0. The lowest BCUT2D eigenvalue weighted by atomic mass is 10.1. The van der Waals surface area contributed by atoms with Gasteiger partial charge in [0.05, 0.1) is 12.7 Å². The molecule has 5 rings (SSSR count). The topological polar surface area (TPSA) is 84.1 Å². The molecule has 0 atom stereocenters. The molecule has 1 saturated heterocycles. The van der Waals surface area contributed by atoms with Gasteiger partial charge >= 0.3 is 0 Å². The maximum atomic E-state index is 9.81. The Morgan fingerprint density at radius 3 is 2.73 bits per heavy atom. The van der Waals surface area contributed by atoms with E-state index in [1.54, 1.807) is 6.07 Å². The molecule has 0 aliphatic carbocycles. The van der Waals surface area contributed by atoms with E-state index < -0.39 is 0 Å². The zero-order valence-corrected chi connectivity index (χ0v) is 16.3. The molecule has 3 aromatic rings. The number of benzene rings is 2. The van der Waals surface area contributed by atoms with E-state index in [4.69, 9.17) is 16.0 Å². The van der Waals surface area contributed by atoms with Gasteiger partial charge in [0.25, 0.3) is 0 Å². The predicted molar refractivity (Wildman–Crippen MR) is 113 cm³/mol. The summed E-state index contributed by atoms with van der Waals surface area (Å²) in [6.45, 7) is 9.63. The Kier molecular flexibility index (Phi) is 4.73. The Hall–Kier alpha value is -3.57. The van der Waals surface area contributed by atoms with Gasteiger partial charge in [0.1, 0.15) is 0 Å². The number of ether oxygens (including phenoxy) is 2. The van der Waals surface area contributed by atoms with Crippen molar-refractivity contribution in [1.29, 1.82) is 0 Å². The van der Waals surface area contributed by atoms with Crippen molar-refractivity contribution in [3.05, 3.63) is 53.4 Å². The first-order valence-electron chi connectivity index (χ1n) is 9.94. The molecule has 0 spiro atoms. The van der Waals surface area contributed by atoms with E-state index in [1.807, 2.05) is 30.3 Å². The van der Waals surface area contributed by atoms with Gasteiger partial charge in [-0.3, -0.25) is 0 Å². The predicted octanol–water partition coefficient (Wildman–Crippen LogP) is 3.48. The zero-order valence-electron chi connectivity index (χ0n) is 16.3. The van der Waals surface area contributed by atoms with Crippen LogP contribution in [-0.4, -0.2) is 41.3 Å². The number of hydrogen-bond donors (Lipinski definition) is 2. The first-order valence-corrected chi connectivity index (χ1v) is 9.94. The molecule has 8 heteroatoms. The van der Waals surface area contributed by atoms with Crippen LogP contribution in [0.25, 0.3) is 15.6 Å². The van der Waals surface area contributed by atoms with Crippen LogP contribution < -0.4 is 19.7 Å². The summed E-state index contributed by atoms with van der Waals surface area (Å²) in [4.78, 5) is 5.72. The highest BCUT2D eigenvalue weighted by Gasteiger charge is 2.21. The van der Waals surface area contributed by atoms with Crippen molar-refractivity contribution in [2.45, 2.75) is 25.5 Å². The first-order chi connectivity index (χ1) is 14.7. The summed E-state index contributed by atoms with van der Waals surface area (Å²) in [5.41, 5.74) is 1.59. The molecule has 30 heavy (non-hydrogen) atoms. The summed E-state index contributed by atoms with van der Waals surface area (Å²) in [5, 5.41) is 23.9. The number of anilines is 2. The molecular weight excluding hydrogens is 382 g/mol. The second-order valence-electron chi connectivity index (χ2n) is 7.47. The number of nitrogens with one attached hydrogen (secondary N) is 1. The van der Waals surface area contributed by atoms with E-state index >= 15 is 0 Å². The second kappa shape index (κ2) is 7.69. The Bertz CT molecular complexity index is 1140. The minimum Gasteiger partial charge on any atom is -0.454 e. The molecule has 152 valence electrons. The number of aromatic nitrogens is 2. The molecule has 8 nitrogen and oxygen atoms in total. The van der Waals surface area contributed by atoms with Crippen LogP contribution in [0.2, 0.25) is 0 Å². The van der Waals surface area contributed by atoms with Crippen molar-refractivity contribution in [2.24, 2.45) is 0 Å². The van der Waals surface area contributed by atoms with Gasteiger partial charge < -0.3 is 24.8 Å². The van der Waals surface area contributed by atoms with Crippen LogP contribution in [0.1, 0.15) is 18.4 Å². The van der Waals surface area contributed by atoms with Crippen LogP contribution in [0.5, 0.6) is 11.5 Å². The molecule has 2 aliphatic rings. The number of nitrogens with zero attached hydrogens (tertiary/aromatic N) is 4. The van der Waals surface area contributed by atoms with Gasteiger partial charge in [-0.25, -0.2) is 4.85 Å². The third-order valence-corrected chi connectivity index (χ3v) is 5.53. The lowest BCUT2D eigenvalue weighted by molar-refractivity contribution is 0.145. The first kappa shape index (κ1) is 18.5. The molecule has 2 N–H and O–H groups in total. The van der Waals surface area contributed by atoms with Crippen molar-refractivity contribution < 1.29 is 14.6 Å². The molecule has 0 unspecified atom stereocenters. The monoisotopic (exact) mass is 403 g/mol. The van der Waals surface area contributed by atoms with Crippen molar-refractivity contribution >= 4 is 28.1 Å². The zero-order chi connectivity index (χ0) is 20.5. The normalized spacial score (nSPS) is 15.9. The quantitative estimate of drug-likeness (QED) is 0.645. The highest BCUT2D eigenvalue weighted by molar-refractivity contribution is 6.00. The largest absolute Gasteiger partial charge is 0.454 e. The lowest BCUT2D eigenvalue weighted by Crippen LogP contribution is -2.36. The Morgan fingerprint density at radius 1 is 1.07 bits per heavy atom. The van der Waals surface area contributed by atoms with Gasteiger partial charge in [-0.1, -0.05) is 18.2 Å². The molecule has 1 aromatic heterocycles. The SMILES string of the molecule is [C-]#[N+]c1ccc2c(N3CCC(O)CC3)nnc(NCc3ccc4c(c3)OCO4)c2c1. The Balaban J connectivity index is 1.46. The average Bonchev–Trinajstić information content (AvgIpc) is 3.25. The summed E-state index contributed by atoms with van der Waals surface area (Å²) in [7, 11) is 0. The number of fused-ring (bicyclic) bond motifs is 2. The molecule has 3 heterocycles. The third-order valence-electron chi connectivity index (χ3n) is 5.53.